The molecule has 7 heteroatoms. The van der Waals surface area contributed by atoms with Crippen LogP contribution in [-0.2, 0) is 6.42 Å². The lowest BCUT2D eigenvalue weighted by molar-refractivity contribution is 0.0696. The first kappa shape index (κ1) is 17.9. The van der Waals surface area contributed by atoms with Gasteiger partial charge in [0.2, 0.25) is 0 Å². The summed E-state index contributed by atoms with van der Waals surface area (Å²) in [5.41, 5.74) is 3.19. The number of benzene rings is 1. The SMILES string of the molecule is CCCc1nc2c(C)cccn2c1C(=O)Nc1ccc(Cl)c(C(=O)O)c1. The molecule has 0 unspecified atom stereocenters. The van der Waals surface area contributed by atoms with Crippen molar-refractivity contribution in [2.24, 2.45) is 0 Å². The minimum Gasteiger partial charge on any atom is -0.478 e. The second kappa shape index (κ2) is 7.17. The molecule has 0 aliphatic rings. The fourth-order valence-electron chi connectivity index (χ4n) is 2.86. The summed E-state index contributed by atoms with van der Waals surface area (Å²) >= 11 is 5.88. The van der Waals surface area contributed by atoms with E-state index in [0.29, 0.717) is 23.5 Å². The number of amides is 1. The van der Waals surface area contributed by atoms with Gasteiger partial charge in [-0.1, -0.05) is 31.0 Å². The van der Waals surface area contributed by atoms with Crippen LogP contribution in [0.4, 0.5) is 5.69 Å². The third kappa shape index (κ3) is 3.28. The maximum atomic E-state index is 12.9. The third-order valence-electron chi connectivity index (χ3n) is 4.07. The van der Waals surface area contributed by atoms with Crippen molar-refractivity contribution in [2.45, 2.75) is 26.7 Å². The highest BCUT2D eigenvalue weighted by Gasteiger charge is 2.20. The molecule has 0 spiro atoms. The predicted molar refractivity (Wildman–Crippen MR) is 100 cm³/mol. The molecule has 0 saturated heterocycles. The molecular weight excluding hydrogens is 354 g/mol. The Hall–Kier alpha value is -2.86. The maximum Gasteiger partial charge on any atom is 0.337 e. The summed E-state index contributed by atoms with van der Waals surface area (Å²) in [5, 5.41) is 12.1. The van der Waals surface area contributed by atoms with Crippen molar-refractivity contribution < 1.29 is 14.7 Å². The number of nitrogens with zero attached hydrogens (tertiary/aromatic N) is 2. The quantitative estimate of drug-likeness (QED) is 0.704. The minimum absolute atomic E-state index is 0.0627. The van der Waals surface area contributed by atoms with Gasteiger partial charge in [0.1, 0.15) is 11.3 Å². The largest absolute Gasteiger partial charge is 0.478 e. The Morgan fingerprint density at radius 3 is 2.77 bits per heavy atom. The molecule has 26 heavy (non-hydrogen) atoms. The number of fused-ring (bicyclic) bond motifs is 1. The number of aromatic nitrogens is 2. The summed E-state index contributed by atoms with van der Waals surface area (Å²) in [7, 11) is 0. The molecule has 1 aromatic carbocycles. The summed E-state index contributed by atoms with van der Waals surface area (Å²) in [4.78, 5) is 28.8. The van der Waals surface area contributed by atoms with Crippen molar-refractivity contribution in [3.8, 4) is 0 Å². The number of rotatable bonds is 5. The number of carbonyl (C=O) groups is 2. The van der Waals surface area contributed by atoms with Crippen LogP contribution in [0.15, 0.2) is 36.5 Å². The van der Waals surface area contributed by atoms with Gasteiger partial charge in [-0.05, 0) is 43.2 Å². The number of carboxylic acid groups (broad SMARTS) is 1. The molecule has 134 valence electrons. The Morgan fingerprint density at radius 2 is 2.08 bits per heavy atom. The first-order chi connectivity index (χ1) is 12.4. The Labute approximate surface area is 155 Å². The Kier molecular flexibility index (Phi) is 4.95. The highest BCUT2D eigenvalue weighted by atomic mass is 35.5. The van der Waals surface area contributed by atoms with Gasteiger partial charge in [0.15, 0.2) is 0 Å². The third-order valence-corrected chi connectivity index (χ3v) is 4.40. The van der Waals surface area contributed by atoms with Crippen molar-refractivity contribution in [1.29, 1.82) is 0 Å². The maximum absolute atomic E-state index is 12.9. The van der Waals surface area contributed by atoms with Crippen LogP contribution in [0, 0.1) is 6.92 Å². The van der Waals surface area contributed by atoms with E-state index in [9.17, 15) is 14.7 Å². The molecule has 2 aromatic heterocycles. The Balaban J connectivity index is 2.03. The summed E-state index contributed by atoms with van der Waals surface area (Å²) in [6.07, 6.45) is 3.33. The molecule has 0 bridgehead atoms. The molecule has 1 amide bonds. The average Bonchev–Trinajstić information content (AvgIpc) is 2.96. The van der Waals surface area contributed by atoms with Gasteiger partial charge < -0.3 is 10.4 Å². The average molecular weight is 372 g/mol. The highest BCUT2D eigenvalue weighted by Crippen LogP contribution is 2.23. The van der Waals surface area contributed by atoms with Crippen molar-refractivity contribution >= 4 is 34.8 Å². The zero-order valence-corrected chi connectivity index (χ0v) is 15.2. The molecule has 2 heterocycles. The Morgan fingerprint density at radius 1 is 1.31 bits per heavy atom. The molecule has 3 rings (SSSR count). The fourth-order valence-corrected chi connectivity index (χ4v) is 3.06. The van der Waals surface area contributed by atoms with Crippen molar-refractivity contribution in [3.63, 3.8) is 0 Å². The van der Waals surface area contributed by atoms with Crippen LogP contribution in [0.3, 0.4) is 0 Å². The summed E-state index contributed by atoms with van der Waals surface area (Å²) in [5.74, 6) is -1.49. The van der Waals surface area contributed by atoms with Gasteiger partial charge in [-0.25, -0.2) is 9.78 Å². The number of hydrogen-bond acceptors (Lipinski definition) is 3. The monoisotopic (exact) mass is 371 g/mol. The smallest absolute Gasteiger partial charge is 0.337 e. The first-order valence-electron chi connectivity index (χ1n) is 8.23. The minimum atomic E-state index is -1.15. The van der Waals surface area contributed by atoms with E-state index < -0.39 is 5.97 Å². The molecule has 3 aromatic rings. The van der Waals surface area contributed by atoms with Gasteiger partial charge in [-0.3, -0.25) is 9.20 Å². The molecule has 0 aliphatic carbocycles. The van der Waals surface area contributed by atoms with Crippen molar-refractivity contribution in [2.75, 3.05) is 5.32 Å². The second-order valence-corrected chi connectivity index (χ2v) is 6.40. The van der Waals surface area contributed by atoms with Crippen LogP contribution in [0.25, 0.3) is 5.65 Å². The van der Waals surface area contributed by atoms with Crippen LogP contribution >= 0.6 is 11.6 Å². The summed E-state index contributed by atoms with van der Waals surface area (Å²) in [6, 6.07) is 8.17. The number of aromatic carboxylic acids is 1. The fraction of sp³-hybridized carbons (Fsp3) is 0.211. The van der Waals surface area contributed by atoms with Gasteiger partial charge in [-0.15, -0.1) is 0 Å². The van der Waals surface area contributed by atoms with Crippen LogP contribution in [0.1, 0.15) is 45.4 Å². The van der Waals surface area contributed by atoms with Crippen LogP contribution in [-0.4, -0.2) is 26.4 Å². The molecule has 6 nitrogen and oxygen atoms in total. The Bertz CT molecular complexity index is 1010. The zero-order valence-electron chi connectivity index (χ0n) is 14.4. The van der Waals surface area contributed by atoms with E-state index in [2.05, 4.69) is 10.3 Å². The van der Waals surface area contributed by atoms with E-state index in [-0.39, 0.29) is 16.5 Å². The van der Waals surface area contributed by atoms with E-state index in [1.807, 2.05) is 26.0 Å². The van der Waals surface area contributed by atoms with Gasteiger partial charge in [0.05, 0.1) is 16.3 Å². The number of imidazole rings is 1. The molecule has 0 atom stereocenters. The molecule has 0 fully saturated rings. The lowest BCUT2D eigenvalue weighted by Crippen LogP contribution is -2.17. The lowest BCUT2D eigenvalue weighted by Gasteiger charge is -2.09. The van der Waals surface area contributed by atoms with Gasteiger partial charge in [0.25, 0.3) is 5.91 Å². The standard InChI is InChI=1S/C19H18ClN3O3/c1-3-5-15-16(23-9-4-6-11(2)17(23)22-15)18(24)21-12-7-8-14(20)13(10-12)19(25)26/h4,6-10H,3,5H2,1-2H3,(H,21,24)(H,25,26). The normalized spacial score (nSPS) is 10.9. The van der Waals surface area contributed by atoms with E-state index in [1.165, 1.54) is 12.1 Å². The second-order valence-electron chi connectivity index (χ2n) is 6.00. The number of pyridine rings is 1. The first-order valence-corrected chi connectivity index (χ1v) is 8.61. The van der Waals surface area contributed by atoms with Gasteiger partial charge in [-0.2, -0.15) is 0 Å². The van der Waals surface area contributed by atoms with E-state index in [1.54, 1.807) is 16.7 Å². The topological polar surface area (TPSA) is 83.7 Å². The molecule has 0 aliphatic heterocycles. The van der Waals surface area contributed by atoms with Crippen LogP contribution < -0.4 is 5.32 Å². The number of aryl methyl sites for hydroxylation is 2. The van der Waals surface area contributed by atoms with E-state index in [4.69, 9.17) is 11.6 Å². The van der Waals surface area contributed by atoms with Gasteiger partial charge >= 0.3 is 5.97 Å². The summed E-state index contributed by atoms with van der Waals surface area (Å²) < 4.78 is 1.77. The molecule has 0 saturated carbocycles. The zero-order chi connectivity index (χ0) is 18.8. The van der Waals surface area contributed by atoms with Gasteiger partial charge in [0, 0.05) is 11.9 Å². The number of carboxylic acids is 1. The molecular formula is C19H18ClN3O3. The van der Waals surface area contributed by atoms with Crippen LogP contribution in [0.2, 0.25) is 5.02 Å². The number of hydrogen-bond donors (Lipinski definition) is 2. The number of halogens is 1. The van der Waals surface area contributed by atoms with Crippen LogP contribution in [0.5, 0.6) is 0 Å². The highest BCUT2D eigenvalue weighted by molar-refractivity contribution is 6.33. The number of nitrogens with one attached hydrogen (secondary N) is 1. The number of carbonyl (C=O) groups excluding carboxylic acids is 1. The molecule has 2 N–H and O–H groups in total. The van der Waals surface area contributed by atoms with E-state index >= 15 is 0 Å². The predicted octanol–water partition coefficient (Wildman–Crippen LogP) is 4.20. The molecule has 0 radical (unpaired) electrons. The number of anilines is 1. The lowest BCUT2D eigenvalue weighted by atomic mass is 10.1. The summed E-state index contributed by atoms with van der Waals surface area (Å²) in [6.45, 7) is 3.97. The van der Waals surface area contributed by atoms with Crippen molar-refractivity contribution in [3.05, 3.63) is 64.1 Å². The van der Waals surface area contributed by atoms with Crippen molar-refractivity contribution in [1.82, 2.24) is 9.38 Å². The van der Waals surface area contributed by atoms with E-state index in [0.717, 1.165) is 17.6 Å².